The number of hydrogen-bond donors (Lipinski definition) is 1. The Balaban J connectivity index is 0.00000200. The molecule has 0 radical (unpaired) electrons. The van der Waals surface area contributed by atoms with E-state index in [1.807, 2.05) is 0 Å². The summed E-state index contributed by atoms with van der Waals surface area (Å²) in [4.78, 5) is 0. The summed E-state index contributed by atoms with van der Waals surface area (Å²) in [5, 5.41) is 3.09. The SMILES string of the molecule is CC(C)(C)[NH][Ti][Si](c1ccccc1)(c1ccccc1)C1c2ccccc2-c2cccc(C(C)(C)C)c21.Cl.Cl. The van der Waals surface area contributed by atoms with Crippen LogP contribution in [0.3, 0.4) is 0 Å². The summed E-state index contributed by atoms with van der Waals surface area (Å²) in [7, 11) is 0. The Morgan fingerprint density at radius 2 is 1.11 bits per heavy atom. The number of halogens is 2. The first kappa shape index (κ1) is 30.9. The van der Waals surface area contributed by atoms with E-state index in [9.17, 15) is 0 Å². The van der Waals surface area contributed by atoms with E-state index in [1.165, 1.54) is 22.3 Å². The van der Waals surface area contributed by atoms with Gasteiger partial charge >= 0.3 is 228 Å². The van der Waals surface area contributed by atoms with E-state index in [-0.39, 0.29) is 35.8 Å². The summed E-state index contributed by atoms with van der Waals surface area (Å²) in [6.07, 6.45) is 0. The predicted octanol–water partition coefficient (Wildman–Crippen LogP) is 7.62. The second-order valence-corrected chi connectivity index (χ2v) is 20.9. The van der Waals surface area contributed by atoms with Gasteiger partial charge in [-0.1, -0.05) is 0 Å². The molecule has 1 nitrogen and oxygen atoms in total. The molecular weight excluding hydrogens is 557 g/mol. The van der Waals surface area contributed by atoms with E-state index >= 15 is 0 Å². The van der Waals surface area contributed by atoms with Gasteiger partial charge in [-0.15, -0.1) is 24.8 Å². The van der Waals surface area contributed by atoms with Crippen LogP contribution >= 0.6 is 24.8 Å². The first-order valence-corrected chi connectivity index (χ1v) is 18.2. The minimum atomic E-state index is -2.32. The van der Waals surface area contributed by atoms with E-state index in [1.54, 1.807) is 15.9 Å². The minimum absolute atomic E-state index is 0. The Bertz CT molecular complexity index is 1320. The minimum Gasteiger partial charge on any atom is -0.147 e. The van der Waals surface area contributed by atoms with Crippen LogP contribution in [0.2, 0.25) is 0 Å². The van der Waals surface area contributed by atoms with Crippen molar-refractivity contribution in [1.29, 1.82) is 0 Å². The van der Waals surface area contributed by atoms with Crippen LogP contribution in [0.4, 0.5) is 0 Å². The summed E-state index contributed by atoms with van der Waals surface area (Å²) >= 11 is -0.588. The number of nitrogens with one attached hydrogen (secondary N) is 1. The third kappa shape index (κ3) is 5.63. The molecule has 0 amide bonds. The zero-order valence-electron chi connectivity index (χ0n) is 23.2. The molecule has 0 saturated carbocycles. The molecule has 0 heterocycles. The standard InChI is InChI=1S/C29H27Si.C4H10N.2ClH.Ti/c1-29(2,3)26-20-12-19-24-23-17-10-11-18-25(23)28(27(24)26)30(21-13-6-4-7-14-21)22-15-8-5-9-16-22;1-4(2,3)5;;;/h4-20,28H,1-3H3;5H,1-3H3;2*1H;/q;-1;;;+1. The molecule has 5 heteroatoms. The maximum atomic E-state index is 4.14. The van der Waals surface area contributed by atoms with Crippen molar-refractivity contribution >= 4 is 41.1 Å². The van der Waals surface area contributed by atoms with Gasteiger partial charge in [0.05, 0.1) is 0 Å². The van der Waals surface area contributed by atoms with E-state index in [4.69, 9.17) is 0 Å². The molecule has 38 heavy (non-hydrogen) atoms. The normalized spacial score (nSPS) is 14.5. The van der Waals surface area contributed by atoms with Crippen LogP contribution in [0.5, 0.6) is 0 Å². The Morgan fingerprint density at radius 1 is 0.605 bits per heavy atom. The molecule has 1 N–H and O–H groups in total. The number of rotatable bonds is 5. The van der Waals surface area contributed by atoms with Gasteiger partial charge in [-0.2, -0.15) is 0 Å². The van der Waals surface area contributed by atoms with E-state index in [2.05, 4.69) is 148 Å². The van der Waals surface area contributed by atoms with Crippen LogP contribution in [-0.2, 0) is 24.1 Å². The smallest absolute Gasteiger partial charge is 0.147 e. The van der Waals surface area contributed by atoms with E-state index in [0.29, 0.717) is 5.54 Å². The zero-order valence-corrected chi connectivity index (χ0v) is 27.4. The monoisotopic (exact) mass is 595 g/mol. The Kier molecular flexibility index (Phi) is 9.63. The molecule has 5 rings (SSSR count). The molecule has 1 atom stereocenters. The van der Waals surface area contributed by atoms with Crippen LogP contribution in [0.25, 0.3) is 11.1 Å². The van der Waals surface area contributed by atoms with E-state index in [0.717, 1.165) is 0 Å². The van der Waals surface area contributed by atoms with Gasteiger partial charge in [0, 0.05) is 0 Å². The molecule has 0 spiro atoms. The van der Waals surface area contributed by atoms with Crippen LogP contribution in [0.1, 0.15) is 63.8 Å². The fourth-order valence-electron chi connectivity index (χ4n) is 5.77. The molecule has 198 valence electrons. The third-order valence-electron chi connectivity index (χ3n) is 7.29. The van der Waals surface area contributed by atoms with Gasteiger partial charge in [-0.05, 0) is 0 Å². The van der Waals surface area contributed by atoms with Gasteiger partial charge < -0.3 is 0 Å². The van der Waals surface area contributed by atoms with Gasteiger partial charge in [0.1, 0.15) is 0 Å². The fraction of sp³-hybridized carbons (Fsp3) is 0.273. The summed E-state index contributed by atoms with van der Waals surface area (Å²) < 4.78 is 4.14. The zero-order chi connectivity index (χ0) is 25.6. The maximum Gasteiger partial charge on any atom is -0.147 e. The van der Waals surface area contributed by atoms with Crippen molar-refractivity contribution in [2.45, 2.75) is 58.0 Å². The summed E-state index contributed by atoms with van der Waals surface area (Å²) in [6.45, 7) is 14.1. The van der Waals surface area contributed by atoms with Gasteiger partial charge in [-0.3, -0.25) is 0 Å². The van der Waals surface area contributed by atoms with Crippen molar-refractivity contribution < 1.29 is 18.7 Å². The van der Waals surface area contributed by atoms with Crippen LogP contribution in [0.15, 0.2) is 103 Å². The summed E-state index contributed by atoms with van der Waals surface area (Å²) in [5.74, 6) is -2.32. The second kappa shape index (κ2) is 11.8. The van der Waals surface area contributed by atoms with Crippen LogP contribution < -0.4 is 14.2 Å². The molecule has 4 aromatic rings. The number of benzene rings is 4. The van der Waals surface area contributed by atoms with E-state index < -0.39 is 24.6 Å². The van der Waals surface area contributed by atoms with Crippen molar-refractivity contribution in [3.05, 3.63) is 120 Å². The Labute approximate surface area is 251 Å². The van der Waals surface area contributed by atoms with Gasteiger partial charge in [0.2, 0.25) is 0 Å². The van der Waals surface area contributed by atoms with Crippen molar-refractivity contribution in [3.8, 4) is 11.1 Å². The molecule has 0 saturated heterocycles. The summed E-state index contributed by atoms with van der Waals surface area (Å²) in [6, 6.07) is 39.3. The van der Waals surface area contributed by atoms with Crippen LogP contribution in [0, 0.1) is 0 Å². The molecule has 0 fully saturated rings. The molecule has 0 aliphatic heterocycles. The molecule has 1 unspecified atom stereocenters. The first-order valence-electron chi connectivity index (χ1n) is 13.0. The van der Waals surface area contributed by atoms with Crippen LogP contribution in [-0.4, -0.2) is 11.5 Å². The first-order chi connectivity index (χ1) is 17.1. The van der Waals surface area contributed by atoms with Gasteiger partial charge in [-0.25, -0.2) is 0 Å². The number of hydrogen-bond acceptors (Lipinski definition) is 1. The van der Waals surface area contributed by atoms with Crippen molar-refractivity contribution in [2.24, 2.45) is 0 Å². The Morgan fingerprint density at radius 3 is 1.63 bits per heavy atom. The average Bonchev–Trinajstić information content (AvgIpc) is 3.20. The van der Waals surface area contributed by atoms with Gasteiger partial charge in [0.15, 0.2) is 0 Å². The maximum absolute atomic E-state index is 4.14. The summed E-state index contributed by atoms with van der Waals surface area (Å²) in [5.41, 5.74) is 7.96. The van der Waals surface area contributed by atoms with Crippen molar-refractivity contribution in [1.82, 2.24) is 3.80 Å². The molecule has 0 aromatic heterocycles. The fourth-order valence-corrected chi connectivity index (χ4v) is 18.3. The van der Waals surface area contributed by atoms with Crippen molar-refractivity contribution in [3.63, 3.8) is 0 Å². The predicted molar refractivity (Wildman–Crippen MR) is 168 cm³/mol. The Hall–Kier alpha value is -1.65. The second-order valence-electron chi connectivity index (χ2n) is 12.1. The van der Waals surface area contributed by atoms with Crippen molar-refractivity contribution in [2.75, 3.05) is 0 Å². The molecule has 1 aliphatic carbocycles. The quantitative estimate of drug-likeness (QED) is 0.234. The topological polar surface area (TPSA) is 12.0 Å². The van der Waals surface area contributed by atoms with Gasteiger partial charge in [0.25, 0.3) is 0 Å². The third-order valence-corrected chi connectivity index (χ3v) is 19.4. The molecule has 1 aliphatic rings. The largest absolute Gasteiger partial charge is 0.147 e. The average molecular weight is 597 g/mol. The molecule has 0 bridgehead atoms. The molecule has 4 aromatic carbocycles. The molecular formula is C33H39Cl2NSiTi. The number of fused-ring (bicyclic) bond motifs is 3.